The fourth-order valence-corrected chi connectivity index (χ4v) is 2.10. The molecule has 0 atom stereocenters. The minimum atomic E-state index is -3.29. The maximum Gasteiger partial charge on any atom is 0.229 e. The van der Waals surface area contributed by atoms with Gasteiger partial charge in [-0.05, 0) is 24.3 Å². The predicted molar refractivity (Wildman–Crippen MR) is 62.3 cm³/mol. The molecule has 1 aliphatic rings. The van der Waals surface area contributed by atoms with Crippen LogP contribution in [0.15, 0.2) is 24.3 Å². The lowest BCUT2D eigenvalue weighted by Gasteiger charge is -2.19. The minimum absolute atomic E-state index is 0.342. The summed E-state index contributed by atoms with van der Waals surface area (Å²) in [5, 5.41) is 0. The molecule has 1 heterocycles. The molecule has 0 fully saturated rings. The van der Waals surface area contributed by atoms with E-state index in [1.54, 1.807) is 24.3 Å². The third-order valence-corrected chi connectivity index (χ3v) is 2.71. The Hall–Kier alpha value is -1.69. The van der Waals surface area contributed by atoms with Gasteiger partial charge in [-0.2, -0.15) is 0 Å². The van der Waals surface area contributed by atoms with Gasteiger partial charge in [0.25, 0.3) is 0 Å². The van der Waals surface area contributed by atoms with Crippen molar-refractivity contribution in [3.05, 3.63) is 29.8 Å². The van der Waals surface area contributed by atoms with Gasteiger partial charge >= 0.3 is 0 Å². The van der Waals surface area contributed by atoms with E-state index in [0.717, 1.165) is 6.26 Å². The van der Waals surface area contributed by atoms with Crippen LogP contribution < -0.4 is 15.2 Å². The number of benzene rings is 1. The molecule has 0 saturated heterocycles. The number of sulfonamides is 1. The third kappa shape index (κ3) is 2.27. The Bertz CT molecular complexity index is 549. The van der Waals surface area contributed by atoms with Crippen LogP contribution in [0.3, 0.4) is 0 Å². The molecular weight excluding hydrogens is 228 g/mol. The molecule has 3 N–H and O–H groups in total. The number of nitrogen functional groups attached to an aromatic ring is 1. The van der Waals surface area contributed by atoms with E-state index >= 15 is 0 Å². The number of hydrogen-bond acceptors (Lipinski definition) is 4. The molecule has 1 aromatic carbocycles. The molecule has 0 aromatic heterocycles. The summed E-state index contributed by atoms with van der Waals surface area (Å²) in [5.74, 6) is 0.628. The van der Waals surface area contributed by atoms with Crippen molar-refractivity contribution in [2.24, 2.45) is 0 Å². The summed E-state index contributed by atoms with van der Waals surface area (Å²) in [6, 6.07) is 5.11. The van der Waals surface area contributed by atoms with Gasteiger partial charge in [0.05, 0.1) is 12.0 Å². The average Bonchev–Trinajstić information content (AvgIpc) is 2.17. The molecule has 1 aliphatic heterocycles. The molecule has 0 saturated carbocycles. The molecule has 6 heteroatoms. The van der Waals surface area contributed by atoms with Crippen LogP contribution in [-0.4, -0.2) is 21.3 Å². The Labute approximate surface area is 94.0 Å². The maximum atomic E-state index is 11.2. The number of anilines is 1. The lowest BCUT2D eigenvalue weighted by atomic mass is 10.1. The number of nitrogens with one attached hydrogen (secondary N) is 1. The van der Waals surface area contributed by atoms with E-state index in [2.05, 4.69) is 4.72 Å². The van der Waals surface area contributed by atoms with Crippen molar-refractivity contribution >= 4 is 21.4 Å². The fraction of sp³-hybridized carbons (Fsp3) is 0.200. The molecule has 0 spiro atoms. The highest BCUT2D eigenvalue weighted by Gasteiger charge is 2.16. The molecule has 0 unspecified atom stereocenters. The molecular formula is C10H12N2O3S. The second kappa shape index (κ2) is 3.71. The maximum absolute atomic E-state index is 11.2. The van der Waals surface area contributed by atoms with Crippen molar-refractivity contribution in [2.45, 2.75) is 0 Å². The first-order valence-corrected chi connectivity index (χ1v) is 6.55. The van der Waals surface area contributed by atoms with Crippen molar-refractivity contribution in [2.75, 3.05) is 18.6 Å². The Kier molecular flexibility index (Phi) is 2.51. The quantitative estimate of drug-likeness (QED) is 0.740. The number of rotatable bonds is 2. The van der Waals surface area contributed by atoms with Crippen LogP contribution >= 0.6 is 0 Å². The van der Waals surface area contributed by atoms with Gasteiger partial charge in [0, 0.05) is 11.3 Å². The van der Waals surface area contributed by atoms with Crippen molar-refractivity contribution < 1.29 is 13.2 Å². The van der Waals surface area contributed by atoms with Gasteiger partial charge in [-0.15, -0.1) is 0 Å². The lowest BCUT2D eigenvalue weighted by molar-refractivity contribution is 0.357. The van der Waals surface area contributed by atoms with Crippen LogP contribution in [0.2, 0.25) is 0 Å². The Balaban J connectivity index is 2.43. The van der Waals surface area contributed by atoms with Crippen molar-refractivity contribution in [1.82, 2.24) is 4.72 Å². The second-order valence-corrected chi connectivity index (χ2v) is 5.31. The van der Waals surface area contributed by atoms with Crippen LogP contribution in [0.25, 0.3) is 5.70 Å². The summed E-state index contributed by atoms with van der Waals surface area (Å²) in [7, 11) is -3.29. The van der Waals surface area contributed by atoms with Gasteiger partial charge in [0.1, 0.15) is 12.4 Å². The predicted octanol–water partition coefficient (Wildman–Crippen LogP) is 0.551. The zero-order valence-corrected chi connectivity index (χ0v) is 9.54. The average molecular weight is 240 g/mol. The molecule has 0 amide bonds. The highest BCUT2D eigenvalue weighted by molar-refractivity contribution is 7.89. The molecule has 1 aromatic rings. The Morgan fingerprint density at radius 1 is 1.44 bits per heavy atom. The van der Waals surface area contributed by atoms with Crippen LogP contribution in [0, 0.1) is 0 Å². The molecule has 5 nitrogen and oxygen atoms in total. The number of fused-ring (bicyclic) bond motifs is 1. The van der Waals surface area contributed by atoms with Gasteiger partial charge in [-0.3, -0.25) is 4.72 Å². The van der Waals surface area contributed by atoms with E-state index in [0.29, 0.717) is 29.3 Å². The lowest BCUT2D eigenvalue weighted by Crippen LogP contribution is -2.23. The van der Waals surface area contributed by atoms with E-state index in [4.69, 9.17) is 10.5 Å². The van der Waals surface area contributed by atoms with Gasteiger partial charge in [0.15, 0.2) is 0 Å². The summed E-state index contributed by atoms with van der Waals surface area (Å²) in [5.41, 5.74) is 7.38. The highest BCUT2D eigenvalue weighted by Crippen LogP contribution is 2.30. The number of hydrogen-bond donors (Lipinski definition) is 2. The fourth-order valence-electron chi connectivity index (χ4n) is 1.51. The molecule has 86 valence electrons. The smallest absolute Gasteiger partial charge is 0.229 e. The van der Waals surface area contributed by atoms with Gasteiger partial charge in [-0.1, -0.05) is 0 Å². The first-order valence-electron chi connectivity index (χ1n) is 4.66. The van der Waals surface area contributed by atoms with E-state index in [1.807, 2.05) is 0 Å². The first kappa shape index (κ1) is 10.8. The molecule has 0 radical (unpaired) electrons. The molecule has 0 aliphatic carbocycles. The van der Waals surface area contributed by atoms with Crippen LogP contribution in [-0.2, 0) is 10.0 Å². The summed E-state index contributed by atoms with van der Waals surface area (Å²) in [4.78, 5) is 0. The molecule has 0 bridgehead atoms. The normalized spacial score (nSPS) is 14.7. The number of ether oxygens (including phenoxy) is 1. The summed E-state index contributed by atoms with van der Waals surface area (Å²) in [6.07, 6.45) is 2.78. The SMILES string of the molecule is CS(=O)(=O)NC1=CCOc2ccc(N)cc21. The Morgan fingerprint density at radius 2 is 2.19 bits per heavy atom. The summed E-state index contributed by atoms with van der Waals surface area (Å²) >= 11 is 0. The van der Waals surface area contributed by atoms with Gasteiger partial charge < -0.3 is 10.5 Å². The summed E-state index contributed by atoms with van der Waals surface area (Å²) in [6.45, 7) is 0.342. The second-order valence-electron chi connectivity index (χ2n) is 3.56. The van der Waals surface area contributed by atoms with Gasteiger partial charge in [0.2, 0.25) is 10.0 Å². The van der Waals surface area contributed by atoms with E-state index in [1.165, 1.54) is 0 Å². The van der Waals surface area contributed by atoms with Crippen LogP contribution in [0.5, 0.6) is 5.75 Å². The summed E-state index contributed by atoms with van der Waals surface area (Å²) < 4.78 is 30.1. The van der Waals surface area contributed by atoms with E-state index < -0.39 is 10.0 Å². The zero-order valence-electron chi connectivity index (χ0n) is 8.73. The van der Waals surface area contributed by atoms with Gasteiger partial charge in [-0.25, -0.2) is 8.42 Å². The number of nitrogens with two attached hydrogens (primary N) is 1. The monoisotopic (exact) mass is 240 g/mol. The first-order chi connectivity index (χ1) is 7.46. The minimum Gasteiger partial charge on any atom is -0.489 e. The Morgan fingerprint density at radius 3 is 2.88 bits per heavy atom. The van der Waals surface area contributed by atoms with Crippen LogP contribution in [0.1, 0.15) is 5.56 Å². The standard InChI is InChI=1S/C10H12N2O3S/c1-16(13,14)12-9-4-5-15-10-3-2-7(11)6-8(9)10/h2-4,6,12H,5,11H2,1H3. The zero-order chi connectivity index (χ0) is 11.8. The van der Waals surface area contributed by atoms with Crippen LogP contribution in [0.4, 0.5) is 5.69 Å². The van der Waals surface area contributed by atoms with Crippen molar-refractivity contribution in [3.8, 4) is 5.75 Å². The van der Waals surface area contributed by atoms with E-state index in [-0.39, 0.29) is 0 Å². The molecule has 16 heavy (non-hydrogen) atoms. The third-order valence-electron chi connectivity index (χ3n) is 2.12. The van der Waals surface area contributed by atoms with Crippen molar-refractivity contribution in [3.63, 3.8) is 0 Å². The van der Waals surface area contributed by atoms with Crippen molar-refractivity contribution in [1.29, 1.82) is 0 Å². The topological polar surface area (TPSA) is 81.4 Å². The highest BCUT2D eigenvalue weighted by atomic mass is 32.2. The van der Waals surface area contributed by atoms with E-state index in [9.17, 15) is 8.42 Å². The largest absolute Gasteiger partial charge is 0.489 e. The molecule has 2 rings (SSSR count).